The zero-order valence-corrected chi connectivity index (χ0v) is 9.99. The Bertz CT molecular complexity index is 471. The summed E-state index contributed by atoms with van der Waals surface area (Å²) in [6, 6.07) is 6.89. The Hall–Kier alpha value is -1.39. The monoisotopic (exact) mass is 253 g/mol. The molecule has 17 heavy (non-hydrogen) atoms. The first kappa shape index (κ1) is 12.1. The minimum atomic E-state index is -0.347. The predicted molar refractivity (Wildman–Crippen MR) is 65.3 cm³/mol. The lowest BCUT2D eigenvalue weighted by atomic mass is 10.2. The highest BCUT2D eigenvalue weighted by Gasteiger charge is 2.04. The molecule has 90 valence electrons. The third kappa shape index (κ3) is 3.28. The average molecular weight is 254 g/mol. The summed E-state index contributed by atoms with van der Waals surface area (Å²) in [5.74, 6) is -0.347. The van der Waals surface area contributed by atoms with Crippen LogP contribution in [-0.2, 0) is 13.1 Å². The minimum Gasteiger partial charge on any atom is -0.311 e. The highest BCUT2D eigenvalue weighted by molar-refractivity contribution is 6.30. The molecule has 0 unspecified atom stereocenters. The summed E-state index contributed by atoms with van der Waals surface area (Å²) < 4.78 is 15.3. The van der Waals surface area contributed by atoms with Crippen molar-refractivity contribution >= 4 is 11.6 Å². The molecule has 1 aromatic heterocycles. The fourth-order valence-electron chi connectivity index (χ4n) is 1.53. The van der Waals surface area contributed by atoms with E-state index in [1.165, 1.54) is 0 Å². The Morgan fingerprint density at radius 3 is 3.00 bits per heavy atom. The van der Waals surface area contributed by atoms with E-state index in [-0.39, 0.29) is 10.8 Å². The summed E-state index contributed by atoms with van der Waals surface area (Å²) in [6.45, 7) is 1.95. The van der Waals surface area contributed by atoms with Crippen LogP contribution in [0.25, 0.3) is 0 Å². The standard InChI is InChI=1S/C12H13ClFN3/c13-11-4-1-3-10(12(11)14)9-15-6-8-17-7-2-5-16-17/h1-5,7,15H,6,8-9H2. The zero-order valence-electron chi connectivity index (χ0n) is 9.24. The summed E-state index contributed by atoms with van der Waals surface area (Å²) in [6.07, 6.45) is 3.62. The molecule has 0 aliphatic heterocycles. The third-order valence-electron chi connectivity index (χ3n) is 2.42. The Morgan fingerprint density at radius 1 is 1.35 bits per heavy atom. The van der Waals surface area contributed by atoms with E-state index in [2.05, 4.69) is 10.4 Å². The Morgan fingerprint density at radius 2 is 2.24 bits per heavy atom. The van der Waals surface area contributed by atoms with Gasteiger partial charge in [0.05, 0.1) is 11.6 Å². The first-order valence-electron chi connectivity index (χ1n) is 5.38. The fraction of sp³-hybridized carbons (Fsp3) is 0.250. The van der Waals surface area contributed by atoms with E-state index < -0.39 is 0 Å². The SMILES string of the molecule is Fc1c(Cl)cccc1CNCCn1cccn1. The smallest absolute Gasteiger partial charge is 0.146 e. The topological polar surface area (TPSA) is 29.9 Å². The summed E-state index contributed by atoms with van der Waals surface area (Å²) in [5, 5.41) is 7.39. The number of nitrogens with one attached hydrogen (secondary N) is 1. The molecule has 0 fully saturated rings. The third-order valence-corrected chi connectivity index (χ3v) is 2.72. The van der Waals surface area contributed by atoms with Crippen LogP contribution in [0.1, 0.15) is 5.56 Å². The van der Waals surface area contributed by atoms with Gasteiger partial charge in [0, 0.05) is 31.0 Å². The van der Waals surface area contributed by atoms with Gasteiger partial charge in [0.25, 0.3) is 0 Å². The number of rotatable bonds is 5. The molecule has 2 aromatic rings. The average Bonchev–Trinajstić information content (AvgIpc) is 2.83. The van der Waals surface area contributed by atoms with Gasteiger partial charge in [-0.1, -0.05) is 23.7 Å². The molecule has 1 aromatic carbocycles. The van der Waals surface area contributed by atoms with Crippen molar-refractivity contribution < 1.29 is 4.39 Å². The molecular weight excluding hydrogens is 241 g/mol. The van der Waals surface area contributed by atoms with Crippen LogP contribution in [0.4, 0.5) is 4.39 Å². The highest BCUT2D eigenvalue weighted by atomic mass is 35.5. The molecule has 0 amide bonds. The molecule has 0 saturated heterocycles. The van der Waals surface area contributed by atoms with Crippen LogP contribution in [-0.4, -0.2) is 16.3 Å². The largest absolute Gasteiger partial charge is 0.311 e. The lowest BCUT2D eigenvalue weighted by Crippen LogP contribution is -2.20. The molecule has 0 spiro atoms. The van der Waals surface area contributed by atoms with E-state index in [1.807, 2.05) is 16.9 Å². The molecule has 0 aliphatic rings. The highest BCUT2D eigenvalue weighted by Crippen LogP contribution is 2.17. The lowest BCUT2D eigenvalue weighted by Gasteiger charge is -2.07. The van der Waals surface area contributed by atoms with Crippen LogP contribution in [0, 0.1) is 5.82 Å². The summed E-state index contributed by atoms with van der Waals surface area (Å²) >= 11 is 5.69. The summed E-state index contributed by atoms with van der Waals surface area (Å²) in [5.41, 5.74) is 0.581. The van der Waals surface area contributed by atoms with Gasteiger partial charge < -0.3 is 5.32 Å². The van der Waals surface area contributed by atoms with E-state index >= 15 is 0 Å². The maximum Gasteiger partial charge on any atom is 0.146 e. The molecule has 1 N–H and O–H groups in total. The molecule has 2 rings (SSSR count). The van der Waals surface area contributed by atoms with Crippen molar-refractivity contribution in [1.82, 2.24) is 15.1 Å². The van der Waals surface area contributed by atoms with Crippen LogP contribution >= 0.6 is 11.6 Å². The maximum absolute atomic E-state index is 13.5. The van der Waals surface area contributed by atoms with E-state index in [0.717, 1.165) is 13.1 Å². The molecular formula is C12H13ClFN3. The number of halogens is 2. The van der Waals surface area contributed by atoms with Crippen molar-refractivity contribution in [3.8, 4) is 0 Å². The quantitative estimate of drug-likeness (QED) is 0.830. The first-order valence-corrected chi connectivity index (χ1v) is 5.76. The van der Waals surface area contributed by atoms with Gasteiger partial charge in [-0.25, -0.2) is 4.39 Å². The van der Waals surface area contributed by atoms with Crippen molar-refractivity contribution in [2.45, 2.75) is 13.1 Å². The van der Waals surface area contributed by atoms with E-state index in [4.69, 9.17) is 11.6 Å². The van der Waals surface area contributed by atoms with Crippen LogP contribution in [0.15, 0.2) is 36.7 Å². The van der Waals surface area contributed by atoms with E-state index in [1.54, 1.807) is 24.4 Å². The van der Waals surface area contributed by atoms with E-state index in [9.17, 15) is 4.39 Å². The van der Waals surface area contributed by atoms with Crippen LogP contribution in [0.2, 0.25) is 5.02 Å². The molecule has 0 aliphatic carbocycles. The van der Waals surface area contributed by atoms with Gasteiger partial charge in [-0.2, -0.15) is 5.10 Å². The second-order valence-electron chi connectivity index (χ2n) is 3.66. The molecule has 5 heteroatoms. The zero-order chi connectivity index (χ0) is 12.1. The number of hydrogen-bond donors (Lipinski definition) is 1. The van der Waals surface area contributed by atoms with Crippen molar-refractivity contribution in [2.24, 2.45) is 0 Å². The molecule has 0 bridgehead atoms. The van der Waals surface area contributed by atoms with Gasteiger partial charge in [-0.05, 0) is 12.1 Å². The molecule has 0 atom stereocenters. The second-order valence-corrected chi connectivity index (χ2v) is 4.07. The van der Waals surface area contributed by atoms with Gasteiger partial charge in [0.1, 0.15) is 5.82 Å². The van der Waals surface area contributed by atoms with Gasteiger partial charge in [0.2, 0.25) is 0 Å². The van der Waals surface area contributed by atoms with Crippen molar-refractivity contribution in [3.05, 3.63) is 53.1 Å². The van der Waals surface area contributed by atoms with Gasteiger partial charge in [-0.15, -0.1) is 0 Å². The number of hydrogen-bond acceptors (Lipinski definition) is 2. The Balaban J connectivity index is 1.80. The van der Waals surface area contributed by atoms with Gasteiger partial charge in [-0.3, -0.25) is 4.68 Å². The Labute approximate surface area is 104 Å². The van der Waals surface area contributed by atoms with Gasteiger partial charge in [0.15, 0.2) is 0 Å². The normalized spacial score (nSPS) is 10.7. The second kappa shape index (κ2) is 5.80. The summed E-state index contributed by atoms with van der Waals surface area (Å²) in [4.78, 5) is 0. The number of nitrogens with zero attached hydrogens (tertiary/aromatic N) is 2. The van der Waals surface area contributed by atoms with Crippen molar-refractivity contribution in [2.75, 3.05) is 6.54 Å². The maximum atomic E-state index is 13.5. The molecule has 0 radical (unpaired) electrons. The number of aromatic nitrogens is 2. The Kier molecular flexibility index (Phi) is 4.12. The minimum absolute atomic E-state index is 0.163. The van der Waals surface area contributed by atoms with Crippen molar-refractivity contribution in [3.63, 3.8) is 0 Å². The molecule has 0 saturated carbocycles. The first-order chi connectivity index (χ1) is 8.27. The number of benzene rings is 1. The summed E-state index contributed by atoms with van der Waals surface area (Å²) in [7, 11) is 0. The molecule has 1 heterocycles. The van der Waals surface area contributed by atoms with Crippen LogP contribution < -0.4 is 5.32 Å². The van der Waals surface area contributed by atoms with Crippen molar-refractivity contribution in [1.29, 1.82) is 0 Å². The van der Waals surface area contributed by atoms with E-state index in [0.29, 0.717) is 12.1 Å². The fourth-order valence-corrected chi connectivity index (χ4v) is 1.73. The van der Waals surface area contributed by atoms with Gasteiger partial charge >= 0.3 is 0 Å². The van der Waals surface area contributed by atoms with Crippen LogP contribution in [0.3, 0.4) is 0 Å². The lowest BCUT2D eigenvalue weighted by molar-refractivity contribution is 0.540. The molecule has 3 nitrogen and oxygen atoms in total. The predicted octanol–water partition coefficient (Wildman–Crippen LogP) is 2.47. The van der Waals surface area contributed by atoms with Crippen LogP contribution in [0.5, 0.6) is 0 Å².